The van der Waals surface area contributed by atoms with Crippen molar-refractivity contribution in [2.75, 3.05) is 7.11 Å². The summed E-state index contributed by atoms with van der Waals surface area (Å²) < 4.78 is 5.71. The van der Waals surface area contributed by atoms with Gasteiger partial charge in [-0.2, -0.15) is 0 Å². The lowest BCUT2D eigenvalue weighted by Crippen LogP contribution is -2.41. The normalized spacial score (nSPS) is 25.6. The first-order chi connectivity index (χ1) is 8.77. The van der Waals surface area contributed by atoms with Gasteiger partial charge in [0, 0.05) is 13.5 Å². The first kappa shape index (κ1) is 14.0. The second kappa shape index (κ2) is 6.70. The monoisotopic (exact) mass is 252 g/mol. The number of hydrogen-bond donors (Lipinski definition) is 0. The van der Waals surface area contributed by atoms with Crippen molar-refractivity contribution in [1.82, 2.24) is 0 Å². The average Bonchev–Trinajstić information content (AvgIpc) is 2.66. The molecule has 0 saturated heterocycles. The molecule has 0 bridgehead atoms. The molecule has 2 rings (SSSR count). The summed E-state index contributed by atoms with van der Waals surface area (Å²) >= 11 is 0. The molecular weight excluding hydrogens is 224 g/mol. The molecule has 0 spiro atoms. The highest BCUT2D eigenvalue weighted by atomic mass is 16.5. The molecule has 2 nitrogen and oxygen atoms in total. The van der Waals surface area contributed by atoms with E-state index in [0.29, 0.717) is 11.7 Å². The second-order valence-corrected chi connectivity index (χ2v) is 6.24. The summed E-state index contributed by atoms with van der Waals surface area (Å²) in [5.74, 6) is 1.04. The largest absolute Gasteiger partial charge is 0.370 e. The Kier molecular flexibility index (Phi) is 5.23. The zero-order valence-electron chi connectivity index (χ0n) is 11.9. The van der Waals surface area contributed by atoms with E-state index in [1.807, 2.05) is 0 Å². The number of ether oxygens (including phenoxy) is 1. The van der Waals surface area contributed by atoms with Crippen molar-refractivity contribution in [2.24, 2.45) is 5.92 Å². The standard InChI is InChI=1S/C16H28O2/c1-18-16(11-7-2-3-8-12-16)15(17)13-14-9-5-4-6-10-14/h14H,2-13H2,1H3. The van der Waals surface area contributed by atoms with Gasteiger partial charge in [0.1, 0.15) is 5.60 Å². The predicted molar refractivity (Wildman–Crippen MR) is 73.6 cm³/mol. The van der Waals surface area contributed by atoms with Gasteiger partial charge in [-0.05, 0) is 18.8 Å². The van der Waals surface area contributed by atoms with E-state index >= 15 is 0 Å². The van der Waals surface area contributed by atoms with Gasteiger partial charge in [0.25, 0.3) is 0 Å². The Morgan fingerprint density at radius 3 is 2.11 bits per heavy atom. The Labute approximate surface area is 111 Å². The van der Waals surface area contributed by atoms with Crippen molar-refractivity contribution in [3.05, 3.63) is 0 Å². The molecule has 2 fully saturated rings. The van der Waals surface area contributed by atoms with Crippen LogP contribution in [0.25, 0.3) is 0 Å². The minimum Gasteiger partial charge on any atom is -0.370 e. The van der Waals surface area contributed by atoms with Crippen LogP contribution < -0.4 is 0 Å². The van der Waals surface area contributed by atoms with Crippen molar-refractivity contribution in [3.8, 4) is 0 Å². The number of Topliss-reactive ketones (excluding diaryl/α,β-unsaturated/α-hetero) is 1. The smallest absolute Gasteiger partial charge is 0.164 e. The third-order valence-corrected chi connectivity index (χ3v) is 5.01. The highest BCUT2D eigenvalue weighted by Gasteiger charge is 2.38. The molecule has 0 heterocycles. The highest BCUT2D eigenvalue weighted by molar-refractivity contribution is 5.87. The van der Waals surface area contributed by atoms with Gasteiger partial charge in [-0.3, -0.25) is 4.79 Å². The summed E-state index contributed by atoms with van der Waals surface area (Å²) in [5.41, 5.74) is -0.423. The third kappa shape index (κ3) is 3.34. The van der Waals surface area contributed by atoms with Crippen molar-refractivity contribution in [1.29, 1.82) is 0 Å². The maximum atomic E-state index is 12.6. The fourth-order valence-electron chi connectivity index (χ4n) is 3.74. The number of hydrogen-bond acceptors (Lipinski definition) is 2. The van der Waals surface area contributed by atoms with Crippen LogP contribution in [0, 0.1) is 5.92 Å². The van der Waals surface area contributed by atoms with Gasteiger partial charge in [0.15, 0.2) is 5.78 Å². The zero-order valence-corrected chi connectivity index (χ0v) is 11.9. The van der Waals surface area contributed by atoms with Crippen LogP contribution in [0.4, 0.5) is 0 Å². The van der Waals surface area contributed by atoms with Gasteiger partial charge in [-0.25, -0.2) is 0 Å². The van der Waals surface area contributed by atoms with Gasteiger partial charge < -0.3 is 4.74 Å². The molecule has 2 aliphatic carbocycles. The molecule has 0 radical (unpaired) electrons. The van der Waals surface area contributed by atoms with Crippen LogP contribution in [0.2, 0.25) is 0 Å². The van der Waals surface area contributed by atoms with Gasteiger partial charge in [-0.1, -0.05) is 57.8 Å². The van der Waals surface area contributed by atoms with E-state index in [-0.39, 0.29) is 0 Å². The zero-order chi connectivity index (χ0) is 12.8. The molecule has 0 aromatic rings. The van der Waals surface area contributed by atoms with E-state index in [1.54, 1.807) is 7.11 Å². The lowest BCUT2D eigenvalue weighted by Gasteiger charge is -2.32. The second-order valence-electron chi connectivity index (χ2n) is 6.24. The number of ketones is 1. The summed E-state index contributed by atoms with van der Waals surface area (Å²) in [6, 6.07) is 0. The molecule has 0 unspecified atom stereocenters. The summed E-state index contributed by atoms with van der Waals surface area (Å²) in [5, 5.41) is 0. The van der Waals surface area contributed by atoms with Crippen LogP contribution in [0.1, 0.15) is 77.0 Å². The predicted octanol–water partition coefficient (Wildman–Crippen LogP) is 4.27. The number of rotatable bonds is 4. The number of carbonyl (C=O) groups excluding carboxylic acids is 1. The quantitative estimate of drug-likeness (QED) is 0.699. The third-order valence-electron chi connectivity index (χ3n) is 5.01. The lowest BCUT2D eigenvalue weighted by atomic mass is 9.80. The SMILES string of the molecule is COC1(C(=O)CC2CCCCC2)CCCCCC1. The topological polar surface area (TPSA) is 26.3 Å². The van der Waals surface area contributed by atoms with E-state index in [0.717, 1.165) is 32.1 Å². The first-order valence-corrected chi connectivity index (χ1v) is 7.85. The molecule has 0 aromatic heterocycles. The maximum Gasteiger partial charge on any atom is 0.164 e. The fourth-order valence-corrected chi connectivity index (χ4v) is 3.74. The molecule has 0 aliphatic heterocycles. The molecule has 0 atom stereocenters. The summed E-state index contributed by atoms with van der Waals surface area (Å²) in [4.78, 5) is 12.6. The Morgan fingerprint density at radius 1 is 1.00 bits per heavy atom. The maximum absolute atomic E-state index is 12.6. The Hall–Kier alpha value is -0.370. The molecule has 2 heteroatoms. The minimum absolute atomic E-state index is 0.402. The van der Waals surface area contributed by atoms with Crippen LogP contribution in [0.5, 0.6) is 0 Å². The number of methoxy groups -OCH3 is 1. The molecule has 0 amide bonds. The van der Waals surface area contributed by atoms with Crippen molar-refractivity contribution in [3.63, 3.8) is 0 Å². The molecule has 104 valence electrons. The van der Waals surface area contributed by atoms with Crippen LogP contribution >= 0.6 is 0 Å². The molecule has 2 saturated carbocycles. The number of carbonyl (C=O) groups is 1. The van der Waals surface area contributed by atoms with Crippen molar-refractivity contribution < 1.29 is 9.53 Å². The van der Waals surface area contributed by atoms with Gasteiger partial charge in [-0.15, -0.1) is 0 Å². The summed E-state index contributed by atoms with van der Waals surface area (Å²) in [6.45, 7) is 0. The molecular formula is C16H28O2. The van der Waals surface area contributed by atoms with Crippen LogP contribution in [0.15, 0.2) is 0 Å². The Morgan fingerprint density at radius 2 is 1.56 bits per heavy atom. The van der Waals surface area contributed by atoms with Gasteiger partial charge >= 0.3 is 0 Å². The highest BCUT2D eigenvalue weighted by Crippen LogP contribution is 2.35. The molecule has 18 heavy (non-hydrogen) atoms. The van der Waals surface area contributed by atoms with E-state index in [1.165, 1.54) is 44.9 Å². The summed E-state index contributed by atoms with van der Waals surface area (Å²) in [6.07, 6.45) is 14.0. The minimum atomic E-state index is -0.423. The van der Waals surface area contributed by atoms with Crippen LogP contribution in [0.3, 0.4) is 0 Å². The first-order valence-electron chi connectivity index (χ1n) is 7.85. The van der Waals surface area contributed by atoms with Crippen LogP contribution in [-0.2, 0) is 9.53 Å². The van der Waals surface area contributed by atoms with E-state index in [2.05, 4.69) is 0 Å². The van der Waals surface area contributed by atoms with Gasteiger partial charge in [0.05, 0.1) is 0 Å². The Balaban J connectivity index is 1.94. The van der Waals surface area contributed by atoms with Crippen molar-refractivity contribution in [2.45, 2.75) is 82.7 Å². The molecule has 0 aromatic carbocycles. The average molecular weight is 252 g/mol. The van der Waals surface area contributed by atoms with Crippen LogP contribution in [-0.4, -0.2) is 18.5 Å². The Bertz CT molecular complexity index is 258. The molecule has 0 N–H and O–H groups in total. The van der Waals surface area contributed by atoms with Crippen molar-refractivity contribution >= 4 is 5.78 Å². The summed E-state index contributed by atoms with van der Waals surface area (Å²) in [7, 11) is 1.74. The van der Waals surface area contributed by atoms with E-state index in [9.17, 15) is 4.79 Å². The van der Waals surface area contributed by atoms with Gasteiger partial charge in [0.2, 0.25) is 0 Å². The fraction of sp³-hybridized carbons (Fsp3) is 0.938. The van der Waals surface area contributed by atoms with E-state index < -0.39 is 5.60 Å². The van der Waals surface area contributed by atoms with E-state index in [4.69, 9.17) is 4.74 Å². The molecule has 2 aliphatic rings. The lowest BCUT2D eigenvalue weighted by molar-refractivity contribution is -0.144.